The van der Waals surface area contributed by atoms with Crippen LogP contribution in [-0.4, -0.2) is 48.3 Å². The van der Waals surface area contributed by atoms with E-state index < -0.39 is 0 Å². The van der Waals surface area contributed by atoms with Gasteiger partial charge in [0.2, 0.25) is 5.91 Å². The Bertz CT molecular complexity index is 436. The van der Waals surface area contributed by atoms with Crippen molar-refractivity contribution in [3.63, 3.8) is 0 Å². The molecule has 1 heterocycles. The molecule has 0 fully saturated rings. The fourth-order valence-electron chi connectivity index (χ4n) is 1.85. The first-order valence-corrected chi connectivity index (χ1v) is 5.99. The Balaban J connectivity index is 2.99. The average Bonchev–Trinajstić information content (AvgIpc) is 2.53. The number of hydrogen-bond acceptors (Lipinski definition) is 4. The van der Waals surface area contributed by atoms with Gasteiger partial charge in [-0.25, -0.2) is 0 Å². The maximum atomic E-state index is 11.7. The van der Waals surface area contributed by atoms with Crippen LogP contribution in [0.15, 0.2) is 0 Å². The topological polar surface area (TPSA) is 67.4 Å². The maximum absolute atomic E-state index is 11.7. The molecule has 1 aromatic rings. The van der Waals surface area contributed by atoms with Crippen LogP contribution >= 0.6 is 0 Å². The highest BCUT2D eigenvalue weighted by molar-refractivity contribution is 5.82. The number of hydrogen-bond donors (Lipinski definition) is 1. The molecule has 2 N–H and O–H groups in total. The summed E-state index contributed by atoms with van der Waals surface area (Å²) in [5, 5.41) is 4.41. The van der Waals surface area contributed by atoms with Gasteiger partial charge in [-0.05, 0) is 5.92 Å². The van der Waals surface area contributed by atoms with Gasteiger partial charge in [0.15, 0.2) is 5.82 Å². The van der Waals surface area contributed by atoms with Gasteiger partial charge in [0.05, 0.1) is 17.9 Å². The maximum Gasteiger partial charge on any atom is 0.241 e. The number of likely N-dealkylation sites (N-methyl/N-ethyl adjacent to an activating group) is 2. The minimum atomic E-state index is 0.0317. The van der Waals surface area contributed by atoms with Crippen LogP contribution in [0.2, 0.25) is 0 Å². The summed E-state index contributed by atoms with van der Waals surface area (Å²) in [5.74, 6) is 1.08. The second-order valence-corrected chi connectivity index (χ2v) is 5.05. The van der Waals surface area contributed by atoms with Crippen LogP contribution in [0.4, 0.5) is 11.5 Å². The van der Waals surface area contributed by atoms with Crippen molar-refractivity contribution in [2.24, 2.45) is 7.05 Å². The van der Waals surface area contributed by atoms with E-state index in [1.54, 1.807) is 23.7 Å². The average molecular weight is 253 g/mol. The molecule has 0 atom stereocenters. The molecule has 0 saturated heterocycles. The molecule has 0 bridgehead atoms. The first kappa shape index (κ1) is 14.3. The molecule has 6 nitrogen and oxygen atoms in total. The molecule has 0 saturated carbocycles. The summed E-state index contributed by atoms with van der Waals surface area (Å²) < 4.78 is 1.73. The van der Waals surface area contributed by atoms with Crippen LogP contribution < -0.4 is 10.6 Å². The van der Waals surface area contributed by atoms with E-state index in [4.69, 9.17) is 5.73 Å². The Morgan fingerprint density at radius 3 is 2.33 bits per heavy atom. The molecule has 0 aromatic carbocycles. The Kier molecular flexibility index (Phi) is 4.21. The molecule has 6 heteroatoms. The molecular formula is C12H23N5O. The Morgan fingerprint density at radius 2 is 1.94 bits per heavy atom. The van der Waals surface area contributed by atoms with Crippen LogP contribution in [0.25, 0.3) is 0 Å². The predicted octanol–water partition coefficient (Wildman–Crippen LogP) is 0.650. The number of anilines is 2. The lowest BCUT2D eigenvalue weighted by molar-refractivity contribution is -0.127. The van der Waals surface area contributed by atoms with Crippen LogP contribution in [-0.2, 0) is 11.8 Å². The molecule has 0 aliphatic heterocycles. The molecule has 0 unspecified atom stereocenters. The van der Waals surface area contributed by atoms with E-state index in [2.05, 4.69) is 5.10 Å². The first-order valence-electron chi connectivity index (χ1n) is 5.99. The monoisotopic (exact) mass is 253 g/mol. The molecule has 0 radical (unpaired) electrons. The standard InChI is InChI=1S/C12H23N5O/c1-8(2)11-10(13)12(17(6)14-11)16(5)7-9(18)15(3)4/h8H,7,13H2,1-6H3. The number of nitrogens with zero attached hydrogens (tertiary/aromatic N) is 4. The van der Waals surface area contributed by atoms with Crippen molar-refractivity contribution < 1.29 is 4.79 Å². The van der Waals surface area contributed by atoms with Crippen LogP contribution in [0.3, 0.4) is 0 Å². The largest absolute Gasteiger partial charge is 0.394 e. The van der Waals surface area contributed by atoms with Crippen molar-refractivity contribution in [2.75, 3.05) is 38.3 Å². The van der Waals surface area contributed by atoms with E-state index >= 15 is 0 Å². The van der Waals surface area contributed by atoms with Gasteiger partial charge >= 0.3 is 0 Å². The fraction of sp³-hybridized carbons (Fsp3) is 0.667. The third-order valence-electron chi connectivity index (χ3n) is 2.86. The Hall–Kier alpha value is -1.72. The Labute approximate surface area is 108 Å². The summed E-state index contributed by atoms with van der Waals surface area (Å²) in [6.45, 7) is 4.38. The van der Waals surface area contributed by atoms with Crippen LogP contribution in [0.1, 0.15) is 25.5 Å². The van der Waals surface area contributed by atoms with E-state index in [0.29, 0.717) is 5.69 Å². The molecule has 0 aliphatic rings. The van der Waals surface area contributed by atoms with Gasteiger partial charge in [-0.2, -0.15) is 5.10 Å². The summed E-state index contributed by atoms with van der Waals surface area (Å²) in [6, 6.07) is 0. The lowest BCUT2D eigenvalue weighted by atomic mass is 10.1. The highest BCUT2D eigenvalue weighted by atomic mass is 16.2. The van der Waals surface area contributed by atoms with Gasteiger partial charge in [0.1, 0.15) is 0 Å². The third-order valence-corrected chi connectivity index (χ3v) is 2.86. The minimum Gasteiger partial charge on any atom is -0.394 e. The predicted molar refractivity (Wildman–Crippen MR) is 73.7 cm³/mol. The molecule has 1 rings (SSSR count). The minimum absolute atomic E-state index is 0.0317. The van der Waals surface area contributed by atoms with Crippen molar-refractivity contribution in [3.05, 3.63) is 5.69 Å². The zero-order valence-corrected chi connectivity index (χ0v) is 12.1. The van der Waals surface area contributed by atoms with Crippen LogP contribution in [0.5, 0.6) is 0 Å². The van der Waals surface area contributed by atoms with Crippen molar-refractivity contribution in [1.29, 1.82) is 0 Å². The van der Waals surface area contributed by atoms with Crippen molar-refractivity contribution in [1.82, 2.24) is 14.7 Å². The van der Waals surface area contributed by atoms with Gasteiger partial charge in [0, 0.05) is 28.2 Å². The van der Waals surface area contributed by atoms with Gasteiger partial charge in [0.25, 0.3) is 0 Å². The SMILES string of the molecule is CC(C)c1nn(C)c(N(C)CC(=O)N(C)C)c1N. The number of carbonyl (C=O) groups is 1. The van der Waals surface area contributed by atoms with Crippen LogP contribution in [0, 0.1) is 0 Å². The normalized spacial score (nSPS) is 10.8. The zero-order chi connectivity index (χ0) is 14.0. The Morgan fingerprint density at radius 1 is 1.39 bits per heavy atom. The van der Waals surface area contributed by atoms with Gasteiger partial charge in [-0.1, -0.05) is 13.8 Å². The van der Waals surface area contributed by atoms with E-state index in [9.17, 15) is 4.79 Å². The molecule has 0 spiro atoms. The highest BCUT2D eigenvalue weighted by Crippen LogP contribution is 2.29. The number of rotatable bonds is 4. The number of amides is 1. The number of nitrogen functional groups attached to an aromatic ring is 1. The number of aryl methyl sites for hydroxylation is 1. The molecule has 1 aromatic heterocycles. The van der Waals surface area contributed by atoms with Crippen molar-refractivity contribution in [3.8, 4) is 0 Å². The van der Waals surface area contributed by atoms with Gasteiger partial charge < -0.3 is 15.5 Å². The van der Waals surface area contributed by atoms with Gasteiger partial charge in [-0.3, -0.25) is 9.48 Å². The molecular weight excluding hydrogens is 230 g/mol. The first-order chi connectivity index (χ1) is 8.25. The summed E-state index contributed by atoms with van der Waals surface area (Å²) in [5.41, 5.74) is 7.63. The smallest absolute Gasteiger partial charge is 0.241 e. The van der Waals surface area contributed by atoms with E-state index in [1.165, 1.54) is 0 Å². The second-order valence-electron chi connectivity index (χ2n) is 5.05. The number of carbonyl (C=O) groups excluding carboxylic acids is 1. The van der Waals surface area contributed by atoms with E-state index in [-0.39, 0.29) is 18.4 Å². The molecule has 102 valence electrons. The summed E-state index contributed by atoms with van der Waals surface area (Å²) in [7, 11) is 7.16. The number of aromatic nitrogens is 2. The third kappa shape index (κ3) is 2.75. The van der Waals surface area contributed by atoms with Crippen molar-refractivity contribution >= 4 is 17.4 Å². The van der Waals surface area contributed by atoms with Crippen molar-refractivity contribution in [2.45, 2.75) is 19.8 Å². The molecule has 18 heavy (non-hydrogen) atoms. The number of nitrogens with two attached hydrogens (primary N) is 1. The highest BCUT2D eigenvalue weighted by Gasteiger charge is 2.20. The summed E-state index contributed by atoms with van der Waals surface area (Å²) in [4.78, 5) is 15.1. The van der Waals surface area contributed by atoms with Gasteiger partial charge in [-0.15, -0.1) is 0 Å². The summed E-state index contributed by atoms with van der Waals surface area (Å²) >= 11 is 0. The lowest BCUT2D eigenvalue weighted by Gasteiger charge is -2.21. The second kappa shape index (κ2) is 5.29. The summed E-state index contributed by atoms with van der Waals surface area (Å²) in [6.07, 6.45) is 0. The zero-order valence-electron chi connectivity index (χ0n) is 12.1. The van der Waals surface area contributed by atoms with E-state index in [1.807, 2.05) is 32.8 Å². The van der Waals surface area contributed by atoms with E-state index in [0.717, 1.165) is 11.5 Å². The quantitative estimate of drug-likeness (QED) is 0.855. The molecule has 0 aliphatic carbocycles. The molecule has 1 amide bonds. The lowest BCUT2D eigenvalue weighted by Crippen LogP contribution is -2.35. The fourth-order valence-corrected chi connectivity index (χ4v) is 1.85.